The van der Waals surface area contributed by atoms with Gasteiger partial charge in [-0.3, -0.25) is 4.79 Å². The normalized spacial score (nSPS) is 11.8. The van der Waals surface area contributed by atoms with E-state index < -0.39 is 0 Å². The number of carbonyl (C=O) groups excluding carboxylic acids is 1. The van der Waals surface area contributed by atoms with Crippen LogP contribution >= 0.6 is 0 Å². The number of aromatic nitrogens is 3. The van der Waals surface area contributed by atoms with Gasteiger partial charge in [-0.2, -0.15) is 5.10 Å². The molecule has 128 valence electrons. The fraction of sp³-hybridized carbons (Fsp3) is 0.211. The molecule has 25 heavy (non-hydrogen) atoms. The van der Waals surface area contributed by atoms with Crippen LogP contribution < -0.4 is 10.1 Å². The van der Waals surface area contributed by atoms with Gasteiger partial charge in [0.1, 0.15) is 18.4 Å². The second-order valence-electron chi connectivity index (χ2n) is 5.56. The first-order valence-corrected chi connectivity index (χ1v) is 8.16. The summed E-state index contributed by atoms with van der Waals surface area (Å²) < 4.78 is 7.21. The molecular weight excluding hydrogens is 316 g/mol. The van der Waals surface area contributed by atoms with Gasteiger partial charge in [0.15, 0.2) is 0 Å². The summed E-state index contributed by atoms with van der Waals surface area (Å²) in [4.78, 5) is 16.5. The van der Waals surface area contributed by atoms with Gasteiger partial charge < -0.3 is 10.1 Å². The van der Waals surface area contributed by atoms with E-state index in [1.165, 1.54) is 6.33 Å². The van der Waals surface area contributed by atoms with Crippen LogP contribution in [0.3, 0.4) is 0 Å². The highest BCUT2D eigenvalue weighted by molar-refractivity contribution is 5.97. The zero-order valence-corrected chi connectivity index (χ0v) is 14.2. The Morgan fingerprint density at radius 3 is 2.64 bits per heavy atom. The monoisotopic (exact) mass is 336 g/mol. The number of hydrogen-bond acceptors (Lipinski definition) is 4. The molecule has 0 saturated heterocycles. The van der Waals surface area contributed by atoms with Gasteiger partial charge in [-0.25, -0.2) is 9.67 Å². The number of ether oxygens (including phenoxy) is 1. The Labute approximate surface area is 146 Å². The predicted molar refractivity (Wildman–Crippen MR) is 94.9 cm³/mol. The smallest absolute Gasteiger partial charge is 0.255 e. The summed E-state index contributed by atoms with van der Waals surface area (Å²) in [5, 5.41) is 7.11. The van der Waals surface area contributed by atoms with Crippen molar-refractivity contribution in [2.45, 2.75) is 19.9 Å². The summed E-state index contributed by atoms with van der Waals surface area (Å²) in [6.07, 6.45) is 3.14. The topological polar surface area (TPSA) is 69.0 Å². The highest BCUT2D eigenvalue weighted by atomic mass is 16.5. The van der Waals surface area contributed by atoms with E-state index in [9.17, 15) is 4.79 Å². The number of nitrogens with one attached hydrogen (secondary N) is 1. The average molecular weight is 336 g/mol. The summed E-state index contributed by atoms with van der Waals surface area (Å²) in [6.45, 7) is 4.36. The number of amides is 1. The quantitative estimate of drug-likeness (QED) is 0.751. The lowest BCUT2D eigenvalue weighted by atomic mass is 10.1. The van der Waals surface area contributed by atoms with Crippen LogP contribution in [0, 0.1) is 0 Å². The minimum absolute atomic E-state index is 0.132. The zero-order chi connectivity index (χ0) is 17.6. The minimum atomic E-state index is -0.156. The standard InChI is InChI=1S/C19H20N4O2/c1-3-25-18-7-5-4-6-17(18)19(24)22-14(2)15-8-10-16(11-9-15)23-13-20-12-21-23/h4-14H,3H2,1-2H3,(H,22,24). The fourth-order valence-corrected chi connectivity index (χ4v) is 2.55. The molecule has 1 unspecified atom stereocenters. The van der Waals surface area contributed by atoms with E-state index in [0.717, 1.165) is 11.3 Å². The average Bonchev–Trinajstić information content (AvgIpc) is 3.17. The van der Waals surface area contributed by atoms with Gasteiger partial charge in [0.25, 0.3) is 5.91 Å². The number of rotatable bonds is 6. The first-order valence-electron chi connectivity index (χ1n) is 8.16. The lowest BCUT2D eigenvalue weighted by Crippen LogP contribution is -2.27. The molecule has 3 rings (SSSR count). The SMILES string of the molecule is CCOc1ccccc1C(=O)NC(C)c1ccc(-n2cncn2)cc1. The summed E-state index contributed by atoms with van der Waals surface area (Å²) in [5.74, 6) is 0.438. The van der Waals surface area contributed by atoms with E-state index in [-0.39, 0.29) is 11.9 Å². The van der Waals surface area contributed by atoms with E-state index in [1.807, 2.05) is 50.2 Å². The molecule has 0 aliphatic carbocycles. The van der Waals surface area contributed by atoms with Gasteiger partial charge in [0, 0.05) is 0 Å². The third-order valence-corrected chi connectivity index (χ3v) is 3.86. The molecule has 0 fully saturated rings. The Kier molecular flexibility index (Phi) is 5.09. The predicted octanol–water partition coefficient (Wildman–Crippen LogP) is 3.16. The Balaban J connectivity index is 1.71. The molecule has 1 N–H and O–H groups in total. The van der Waals surface area contributed by atoms with Crippen molar-refractivity contribution in [3.63, 3.8) is 0 Å². The van der Waals surface area contributed by atoms with Crippen molar-refractivity contribution in [2.24, 2.45) is 0 Å². The van der Waals surface area contributed by atoms with Crippen LogP contribution in [0.25, 0.3) is 5.69 Å². The zero-order valence-electron chi connectivity index (χ0n) is 14.2. The maximum absolute atomic E-state index is 12.6. The highest BCUT2D eigenvalue weighted by Gasteiger charge is 2.15. The molecule has 0 spiro atoms. The van der Waals surface area contributed by atoms with Crippen LogP contribution in [0.4, 0.5) is 0 Å². The van der Waals surface area contributed by atoms with E-state index in [0.29, 0.717) is 17.9 Å². The number of para-hydroxylation sites is 1. The molecule has 1 heterocycles. The van der Waals surface area contributed by atoms with Gasteiger partial charge in [-0.15, -0.1) is 0 Å². The van der Waals surface area contributed by atoms with Gasteiger partial charge in [-0.05, 0) is 43.7 Å². The van der Waals surface area contributed by atoms with Crippen molar-refractivity contribution >= 4 is 5.91 Å². The lowest BCUT2D eigenvalue weighted by Gasteiger charge is -2.16. The molecule has 0 radical (unpaired) electrons. The molecule has 0 bridgehead atoms. The Morgan fingerprint density at radius 1 is 1.20 bits per heavy atom. The highest BCUT2D eigenvalue weighted by Crippen LogP contribution is 2.20. The number of carbonyl (C=O) groups is 1. The van der Waals surface area contributed by atoms with Crippen molar-refractivity contribution in [3.8, 4) is 11.4 Å². The number of nitrogens with zero attached hydrogens (tertiary/aromatic N) is 3. The van der Waals surface area contributed by atoms with Gasteiger partial charge in [0.2, 0.25) is 0 Å². The fourth-order valence-electron chi connectivity index (χ4n) is 2.55. The van der Waals surface area contributed by atoms with E-state index in [2.05, 4.69) is 15.4 Å². The van der Waals surface area contributed by atoms with Crippen LogP contribution in [0.5, 0.6) is 5.75 Å². The summed E-state index contributed by atoms with van der Waals surface area (Å²) in [5.41, 5.74) is 2.46. The molecule has 6 nitrogen and oxygen atoms in total. The van der Waals surface area contributed by atoms with Gasteiger partial charge in [-0.1, -0.05) is 24.3 Å². The van der Waals surface area contributed by atoms with Crippen LogP contribution in [0.1, 0.15) is 35.8 Å². The molecule has 1 aromatic heterocycles. The molecule has 1 atom stereocenters. The maximum Gasteiger partial charge on any atom is 0.255 e. The van der Waals surface area contributed by atoms with Crippen LogP contribution in [-0.4, -0.2) is 27.3 Å². The van der Waals surface area contributed by atoms with E-state index >= 15 is 0 Å². The Bertz CT molecular complexity index is 829. The summed E-state index contributed by atoms with van der Waals surface area (Å²) >= 11 is 0. The molecular formula is C19H20N4O2. The third-order valence-electron chi connectivity index (χ3n) is 3.86. The first-order chi connectivity index (χ1) is 12.2. The lowest BCUT2D eigenvalue weighted by molar-refractivity contribution is 0.0936. The van der Waals surface area contributed by atoms with Crippen LogP contribution in [0.2, 0.25) is 0 Å². The molecule has 6 heteroatoms. The Hall–Kier alpha value is -3.15. The van der Waals surface area contributed by atoms with Crippen molar-refractivity contribution in [2.75, 3.05) is 6.61 Å². The summed E-state index contributed by atoms with van der Waals surface area (Å²) in [7, 11) is 0. The molecule has 0 saturated carbocycles. The number of benzene rings is 2. The minimum Gasteiger partial charge on any atom is -0.493 e. The van der Waals surface area contributed by atoms with Crippen LogP contribution in [0.15, 0.2) is 61.2 Å². The first kappa shape index (κ1) is 16.7. The third kappa shape index (κ3) is 3.85. The second kappa shape index (κ2) is 7.61. The second-order valence-corrected chi connectivity index (χ2v) is 5.56. The molecule has 3 aromatic rings. The van der Waals surface area contributed by atoms with E-state index in [1.54, 1.807) is 23.1 Å². The van der Waals surface area contributed by atoms with Gasteiger partial charge in [0.05, 0.1) is 23.9 Å². The Morgan fingerprint density at radius 2 is 1.96 bits per heavy atom. The van der Waals surface area contributed by atoms with Crippen molar-refractivity contribution in [1.29, 1.82) is 0 Å². The molecule has 1 amide bonds. The maximum atomic E-state index is 12.6. The largest absolute Gasteiger partial charge is 0.493 e. The summed E-state index contributed by atoms with van der Waals surface area (Å²) in [6, 6.07) is 14.9. The van der Waals surface area contributed by atoms with Crippen LogP contribution in [-0.2, 0) is 0 Å². The molecule has 2 aromatic carbocycles. The van der Waals surface area contributed by atoms with Crippen molar-refractivity contribution in [1.82, 2.24) is 20.1 Å². The van der Waals surface area contributed by atoms with E-state index in [4.69, 9.17) is 4.74 Å². The van der Waals surface area contributed by atoms with Crippen molar-refractivity contribution < 1.29 is 9.53 Å². The van der Waals surface area contributed by atoms with Crippen molar-refractivity contribution in [3.05, 3.63) is 72.3 Å². The molecule has 0 aliphatic rings. The molecule has 0 aliphatic heterocycles. The number of hydrogen-bond donors (Lipinski definition) is 1. The van der Waals surface area contributed by atoms with Gasteiger partial charge >= 0.3 is 0 Å².